The Morgan fingerprint density at radius 1 is 1.27 bits per heavy atom. The number of hydrogen-bond donors (Lipinski definition) is 1. The lowest BCUT2D eigenvalue weighted by Crippen LogP contribution is -2.30. The van der Waals surface area contributed by atoms with Gasteiger partial charge in [0.2, 0.25) is 11.1 Å². The number of aromatic nitrogens is 4. The number of nitrogens with one attached hydrogen (secondary N) is 1. The SMILES string of the molecule is CCCC[C@H](CC)CNC(=O)CSc1nnnn1-c1ccc(C)c(C)c1. The van der Waals surface area contributed by atoms with Crippen molar-refractivity contribution >= 4 is 17.7 Å². The van der Waals surface area contributed by atoms with Crippen LogP contribution in [0.2, 0.25) is 0 Å². The standard InChI is InChI=1S/C19H29N5OS/c1-5-7-8-16(6-2)12-20-18(25)13-26-19-21-22-23-24(19)17-10-9-14(3)15(4)11-17/h9-11,16H,5-8,12-13H2,1-4H3,(H,20,25)/t16-/m0/s1. The van der Waals surface area contributed by atoms with Crippen molar-refractivity contribution in [1.82, 2.24) is 25.5 Å². The van der Waals surface area contributed by atoms with E-state index in [4.69, 9.17) is 0 Å². The third kappa shape index (κ3) is 5.83. The van der Waals surface area contributed by atoms with Crippen LogP contribution in [0.5, 0.6) is 0 Å². The van der Waals surface area contributed by atoms with E-state index in [0.717, 1.165) is 18.7 Å². The van der Waals surface area contributed by atoms with E-state index in [1.165, 1.54) is 42.2 Å². The second-order valence-electron chi connectivity index (χ2n) is 6.65. The number of carbonyl (C=O) groups excluding carboxylic acids is 1. The first kappa shape index (κ1) is 20.4. The maximum Gasteiger partial charge on any atom is 0.230 e. The summed E-state index contributed by atoms with van der Waals surface area (Å²) in [4.78, 5) is 12.2. The summed E-state index contributed by atoms with van der Waals surface area (Å²) in [5, 5.41) is 15.5. The van der Waals surface area contributed by atoms with Gasteiger partial charge in [-0.3, -0.25) is 4.79 Å². The van der Waals surface area contributed by atoms with E-state index in [9.17, 15) is 4.79 Å². The maximum absolute atomic E-state index is 12.2. The number of tetrazole rings is 1. The zero-order valence-corrected chi connectivity index (χ0v) is 17.0. The number of rotatable bonds is 10. The molecule has 0 aliphatic carbocycles. The number of unbranched alkanes of at least 4 members (excludes halogenated alkanes) is 1. The molecule has 1 N–H and O–H groups in total. The first-order valence-electron chi connectivity index (χ1n) is 9.30. The quantitative estimate of drug-likeness (QED) is 0.641. The monoisotopic (exact) mass is 375 g/mol. The average Bonchev–Trinajstić information content (AvgIpc) is 3.11. The Morgan fingerprint density at radius 2 is 2.08 bits per heavy atom. The minimum atomic E-state index is 0.0274. The molecule has 1 aromatic carbocycles. The molecule has 1 amide bonds. The van der Waals surface area contributed by atoms with Crippen LogP contribution < -0.4 is 5.32 Å². The van der Waals surface area contributed by atoms with Crippen LogP contribution in [0.3, 0.4) is 0 Å². The molecule has 142 valence electrons. The number of nitrogens with zero attached hydrogens (tertiary/aromatic N) is 4. The van der Waals surface area contributed by atoms with Crippen LogP contribution in [0, 0.1) is 19.8 Å². The summed E-state index contributed by atoms with van der Waals surface area (Å²) in [7, 11) is 0. The second-order valence-corrected chi connectivity index (χ2v) is 7.59. The highest BCUT2D eigenvalue weighted by atomic mass is 32.2. The molecule has 2 aromatic rings. The lowest BCUT2D eigenvalue weighted by molar-refractivity contribution is -0.118. The van der Waals surface area contributed by atoms with Gasteiger partial charge in [0.25, 0.3) is 0 Å². The second kappa shape index (κ2) is 10.3. The molecule has 0 saturated heterocycles. The van der Waals surface area contributed by atoms with Gasteiger partial charge in [-0.15, -0.1) is 5.10 Å². The lowest BCUT2D eigenvalue weighted by atomic mass is 9.99. The van der Waals surface area contributed by atoms with Crippen LogP contribution in [0.4, 0.5) is 0 Å². The maximum atomic E-state index is 12.2. The van der Waals surface area contributed by atoms with Crippen LogP contribution in [0.15, 0.2) is 23.4 Å². The molecule has 1 heterocycles. The van der Waals surface area contributed by atoms with Gasteiger partial charge in [-0.2, -0.15) is 4.68 Å². The van der Waals surface area contributed by atoms with Gasteiger partial charge in [0.1, 0.15) is 0 Å². The van der Waals surface area contributed by atoms with Crippen LogP contribution in [0.25, 0.3) is 5.69 Å². The molecule has 0 saturated carbocycles. The third-order valence-corrected chi connectivity index (χ3v) is 5.56. The lowest BCUT2D eigenvalue weighted by Gasteiger charge is -2.15. The Bertz CT molecular complexity index is 716. The number of aryl methyl sites for hydroxylation is 2. The summed E-state index contributed by atoms with van der Waals surface area (Å²) < 4.78 is 1.68. The van der Waals surface area contributed by atoms with Crippen LogP contribution in [-0.4, -0.2) is 38.4 Å². The molecule has 26 heavy (non-hydrogen) atoms. The van der Waals surface area contributed by atoms with E-state index >= 15 is 0 Å². The molecule has 6 nitrogen and oxygen atoms in total. The normalized spacial score (nSPS) is 12.2. The summed E-state index contributed by atoms with van der Waals surface area (Å²) in [6.07, 6.45) is 4.68. The summed E-state index contributed by atoms with van der Waals surface area (Å²) in [6.45, 7) is 9.26. The van der Waals surface area contributed by atoms with Gasteiger partial charge in [0.05, 0.1) is 11.4 Å². The Kier molecular flexibility index (Phi) is 8.09. The zero-order valence-electron chi connectivity index (χ0n) is 16.2. The highest BCUT2D eigenvalue weighted by Crippen LogP contribution is 2.20. The summed E-state index contributed by atoms with van der Waals surface area (Å²) in [5.74, 6) is 0.902. The predicted octanol–water partition coefficient (Wildman–Crippen LogP) is 3.70. The predicted molar refractivity (Wildman–Crippen MR) is 106 cm³/mol. The van der Waals surface area contributed by atoms with Crippen molar-refractivity contribution < 1.29 is 4.79 Å². The van der Waals surface area contributed by atoms with Gasteiger partial charge >= 0.3 is 0 Å². The Balaban J connectivity index is 1.89. The molecule has 0 radical (unpaired) electrons. The van der Waals surface area contributed by atoms with Crippen LogP contribution >= 0.6 is 11.8 Å². The van der Waals surface area contributed by atoms with Crippen molar-refractivity contribution in [1.29, 1.82) is 0 Å². The first-order chi connectivity index (χ1) is 12.5. The fraction of sp³-hybridized carbons (Fsp3) is 0.579. The summed E-state index contributed by atoms with van der Waals surface area (Å²) in [5.41, 5.74) is 3.32. The smallest absolute Gasteiger partial charge is 0.230 e. The van der Waals surface area contributed by atoms with Crippen molar-refractivity contribution in [2.75, 3.05) is 12.3 Å². The molecule has 0 unspecified atom stereocenters. The molecule has 0 spiro atoms. The zero-order chi connectivity index (χ0) is 18.9. The van der Waals surface area contributed by atoms with E-state index < -0.39 is 0 Å². The molecule has 1 atom stereocenters. The number of thioether (sulfide) groups is 1. The summed E-state index contributed by atoms with van der Waals surface area (Å²) in [6, 6.07) is 6.09. The van der Waals surface area contributed by atoms with Gasteiger partial charge in [-0.05, 0) is 59.9 Å². The molecule has 0 fully saturated rings. The molecular formula is C19H29N5OS. The molecule has 2 rings (SSSR count). The van der Waals surface area contributed by atoms with Gasteiger partial charge in [-0.1, -0.05) is 50.9 Å². The van der Waals surface area contributed by atoms with Crippen molar-refractivity contribution in [3.63, 3.8) is 0 Å². The molecule has 7 heteroatoms. The van der Waals surface area contributed by atoms with Gasteiger partial charge in [-0.25, -0.2) is 0 Å². The summed E-state index contributed by atoms with van der Waals surface area (Å²) >= 11 is 1.36. The van der Waals surface area contributed by atoms with E-state index in [2.05, 4.69) is 60.7 Å². The Hall–Kier alpha value is -1.89. The number of benzene rings is 1. The van der Waals surface area contributed by atoms with E-state index in [0.29, 0.717) is 16.8 Å². The van der Waals surface area contributed by atoms with Gasteiger partial charge < -0.3 is 5.32 Å². The van der Waals surface area contributed by atoms with Crippen molar-refractivity contribution in [2.45, 2.75) is 58.5 Å². The highest BCUT2D eigenvalue weighted by molar-refractivity contribution is 7.99. The number of carbonyl (C=O) groups is 1. The van der Waals surface area contributed by atoms with Crippen LogP contribution in [0.1, 0.15) is 50.7 Å². The third-order valence-electron chi connectivity index (χ3n) is 4.64. The fourth-order valence-electron chi connectivity index (χ4n) is 2.67. The Labute approximate surface area is 160 Å². The Morgan fingerprint density at radius 3 is 2.77 bits per heavy atom. The topological polar surface area (TPSA) is 72.7 Å². The van der Waals surface area contributed by atoms with Crippen molar-refractivity contribution in [2.24, 2.45) is 5.92 Å². The minimum absolute atomic E-state index is 0.0274. The fourth-order valence-corrected chi connectivity index (χ4v) is 3.39. The average molecular weight is 376 g/mol. The molecule has 0 bridgehead atoms. The largest absolute Gasteiger partial charge is 0.355 e. The number of amides is 1. The first-order valence-corrected chi connectivity index (χ1v) is 10.3. The minimum Gasteiger partial charge on any atom is -0.355 e. The van der Waals surface area contributed by atoms with Crippen molar-refractivity contribution in [3.8, 4) is 5.69 Å². The van der Waals surface area contributed by atoms with E-state index in [-0.39, 0.29) is 5.91 Å². The van der Waals surface area contributed by atoms with Crippen molar-refractivity contribution in [3.05, 3.63) is 29.3 Å². The highest BCUT2D eigenvalue weighted by Gasteiger charge is 2.13. The number of hydrogen-bond acceptors (Lipinski definition) is 5. The molecule has 1 aromatic heterocycles. The molecule has 0 aliphatic rings. The molecule has 0 aliphatic heterocycles. The van der Waals surface area contributed by atoms with E-state index in [1.54, 1.807) is 4.68 Å². The van der Waals surface area contributed by atoms with Crippen LogP contribution in [-0.2, 0) is 4.79 Å². The molecular weight excluding hydrogens is 346 g/mol. The van der Waals surface area contributed by atoms with Gasteiger partial charge in [0.15, 0.2) is 0 Å². The van der Waals surface area contributed by atoms with Gasteiger partial charge in [0, 0.05) is 6.54 Å². The van der Waals surface area contributed by atoms with E-state index in [1.807, 2.05) is 6.07 Å².